The predicted molar refractivity (Wildman–Crippen MR) is 108 cm³/mol. The molecule has 0 saturated heterocycles. The van der Waals surface area contributed by atoms with Gasteiger partial charge in [0.2, 0.25) is 5.78 Å². The average molecular weight is 378 g/mol. The van der Waals surface area contributed by atoms with E-state index in [2.05, 4.69) is 11.8 Å². The van der Waals surface area contributed by atoms with Crippen molar-refractivity contribution in [3.8, 4) is 11.8 Å². The topological polar surface area (TPSA) is 60.4 Å². The van der Waals surface area contributed by atoms with Crippen molar-refractivity contribution in [2.24, 2.45) is 5.92 Å². The first kappa shape index (κ1) is 21.4. The molecule has 1 atom stereocenters. The van der Waals surface area contributed by atoms with E-state index in [-0.39, 0.29) is 30.4 Å². The van der Waals surface area contributed by atoms with Crippen LogP contribution in [0.3, 0.4) is 0 Å². The highest BCUT2D eigenvalue weighted by atomic mass is 16.5. The van der Waals surface area contributed by atoms with Crippen LogP contribution in [0, 0.1) is 17.8 Å². The molecule has 0 spiro atoms. The summed E-state index contributed by atoms with van der Waals surface area (Å²) in [6.07, 6.45) is 0.542. The van der Waals surface area contributed by atoms with Crippen molar-refractivity contribution in [2.75, 3.05) is 6.61 Å². The second-order valence-electron chi connectivity index (χ2n) is 7.09. The molecule has 0 N–H and O–H groups in total. The number of rotatable bonds is 6. The SMILES string of the molecule is CCOC(=O)CC1=C(C(C)=C(C)C)C(=O)C(CC(=O)C#Cc2ccccc2)C1. The summed E-state index contributed by atoms with van der Waals surface area (Å²) in [5.74, 6) is 4.30. The zero-order valence-electron chi connectivity index (χ0n) is 16.9. The summed E-state index contributed by atoms with van der Waals surface area (Å²) < 4.78 is 5.04. The number of ketones is 2. The van der Waals surface area contributed by atoms with Crippen LogP contribution in [-0.4, -0.2) is 24.1 Å². The standard InChI is InChI=1S/C24H26O4/c1-5-28-22(26)15-19-13-20(24(27)23(19)17(4)16(2)3)14-21(25)12-11-18-9-7-6-8-10-18/h6-10,20H,5,13-15H2,1-4H3. The van der Waals surface area contributed by atoms with E-state index < -0.39 is 5.92 Å². The monoisotopic (exact) mass is 378 g/mol. The van der Waals surface area contributed by atoms with Crippen LogP contribution in [-0.2, 0) is 19.1 Å². The van der Waals surface area contributed by atoms with Crippen LogP contribution in [0.25, 0.3) is 0 Å². The fourth-order valence-electron chi connectivity index (χ4n) is 3.22. The molecule has 0 bridgehead atoms. The molecule has 2 rings (SSSR count). The minimum atomic E-state index is -0.466. The molecule has 146 valence electrons. The number of Topliss-reactive ketones (excluding diaryl/α,β-unsaturated/α-hetero) is 2. The maximum atomic E-state index is 13.0. The lowest BCUT2D eigenvalue weighted by molar-refractivity contribution is -0.142. The van der Waals surface area contributed by atoms with Gasteiger partial charge >= 0.3 is 5.97 Å². The van der Waals surface area contributed by atoms with Crippen molar-refractivity contribution in [3.63, 3.8) is 0 Å². The van der Waals surface area contributed by atoms with Gasteiger partial charge in [-0.1, -0.05) is 29.7 Å². The van der Waals surface area contributed by atoms with Gasteiger partial charge in [0.1, 0.15) is 0 Å². The Balaban J connectivity index is 2.17. The molecule has 1 unspecified atom stereocenters. The fraction of sp³-hybridized carbons (Fsp3) is 0.375. The molecular weight excluding hydrogens is 352 g/mol. The third-order valence-electron chi connectivity index (χ3n) is 4.80. The second-order valence-corrected chi connectivity index (χ2v) is 7.09. The first-order valence-corrected chi connectivity index (χ1v) is 9.49. The minimum Gasteiger partial charge on any atom is -0.466 e. The van der Waals surface area contributed by atoms with Gasteiger partial charge in [-0.2, -0.15) is 0 Å². The Morgan fingerprint density at radius 3 is 2.43 bits per heavy atom. The molecule has 0 heterocycles. The third kappa shape index (κ3) is 5.53. The summed E-state index contributed by atoms with van der Waals surface area (Å²) in [5.41, 5.74) is 3.99. The maximum Gasteiger partial charge on any atom is 0.309 e. The van der Waals surface area contributed by atoms with Crippen molar-refractivity contribution in [3.05, 3.63) is 58.2 Å². The van der Waals surface area contributed by atoms with E-state index in [9.17, 15) is 14.4 Å². The van der Waals surface area contributed by atoms with Gasteiger partial charge in [0.15, 0.2) is 5.78 Å². The molecule has 1 aromatic rings. The Morgan fingerprint density at radius 2 is 1.82 bits per heavy atom. The average Bonchev–Trinajstić information content (AvgIpc) is 2.95. The number of benzene rings is 1. The van der Waals surface area contributed by atoms with E-state index in [0.29, 0.717) is 18.6 Å². The Bertz CT molecular complexity index is 888. The van der Waals surface area contributed by atoms with Crippen molar-refractivity contribution in [1.82, 2.24) is 0 Å². The summed E-state index contributed by atoms with van der Waals surface area (Å²) in [7, 11) is 0. The highest BCUT2D eigenvalue weighted by Crippen LogP contribution is 2.37. The van der Waals surface area contributed by atoms with Crippen LogP contribution >= 0.6 is 0 Å². The molecule has 4 nitrogen and oxygen atoms in total. The largest absolute Gasteiger partial charge is 0.466 e. The van der Waals surface area contributed by atoms with Gasteiger partial charge in [0.25, 0.3) is 0 Å². The second kappa shape index (κ2) is 9.85. The van der Waals surface area contributed by atoms with E-state index in [1.165, 1.54) is 0 Å². The zero-order valence-corrected chi connectivity index (χ0v) is 16.9. The van der Waals surface area contributed by atoms with E-state index >= 15 is 0 Å². The molecule has 1 aliphatic rings. The number of ether oxygens (including phenoxy) is 1. The zero-order chi connectivity index (χ0) is 20.7. The van der Waals surface area contributed by atoms with Gasteiger partial charge in [0.05, 0.1) is 13.0 Å². The number of hydrogen-bond acceptors (Lipinski definition) is 4. The first-order chi connectivity index (χ1) is 13.3. The van der Waals surface area contributed by atoms with Crippen LogP contribution in [0.1, 0.15) is 52.5 Å². The first-order valence-electron chi connectivity index (χ1n) is 9.49. The van der Waals surface area contributed by atoms with Gasteiger partial charge in [-0.15, -0.1) is 0 Å². The molecule has 0 fully saturated rings. The van der Waals surface area contributed by atoms with Crippen molar-refractivity contribution in [1.29, 1.82) is 0 Å². The lowest BCUT2D eigenvalue weighted by atomic mass is 9.94. The van der Waals surface area contributed by atoms with E-state index in [1.807, 2.05) is 51.1 Å². The normalized spacial score (nSPS) is 15.7. The van der Waals surface area contributed by atoms with Gasteiger partial charge in [-0.05, 0) is 63.3 Å². The fourth-order valence-corrected chi connectivity index (χ4v) is 3.22. The molecule has 1 aliphatic carbocycles. The molecule has 0 aliphatic heterocycles. The van der Waals surface area contributed by atoms with Gasteiger partial charge in [0, 0.05) is 23.5 Å². The smallest absolute Gasteiger partial charge is 0.309 e. The number of carbonyl (C=O) groups is 3. The van der Waals surface area contributed by atoms with Crippen LogP contribution in [0.2, 0.25) is 0 Å². The van der Waals surface area contributed by atoms with E-state index in [0.717, 1.165) is 22.3 Å². The third-order valence-corrected chi connectivity index (χ3v) is 4.80. The summed E-state index contributed by atoms with van der Waals surface area (Å²) >= 11 is 0. The maximum absolute atomic E-state index is 13.0. The quantitative estimate of drug-likeness (QED) is 0.550. The van der Waals surface area contributed by atoms with Crippen LogP contribution in [0.15, 0.2) is 52.6 Å². The molecule has 1 aromatic carbocycles. The molecule has 0 aromatic heterocycles. The Labute approximate surface area is 166 Å². The van der Waals surface area contributed by atoms with Crippen LogP contribution in [0.4, 0.5) is 0 Å². The number of allylic oxidation sites excluding steroid dienone is 3. The predicted octanol–water partition coefficient (Wildman–Crippen LogP) is 4.19. The molecule has 0 saturated carbocycles. The highest BCUT2D eigenvalue weighted by Gasteiger charge is 2.35. The summed E-state index contributed by atoms with van der Waals surface area (Å²) in [6.45, 7) is 7.80. The summed E-state index contributed by atoms with van der Waals surface area (Å²) in [5, 5.41) is 0. The van der Waals surface area contributed by atoms with Gasteiger partial charge in [-0.3, -0.25) is 14.4 Å². The van der Waals surface area contributed by atoms with Crippen LogP contribution < -0.4 is 0 Å². The minimum absolute atomic E-state index is 0.0601. The van der Waals surface area contributed by atoms with Crippen molar-refractivity contribution in [2.45, 2.75) is 47.0 Å². The van der Waals surface area contributed by atoms with Crippen LogP contribution in [0.5, 0.6) is 0 Å². The molecule has 4 heteroatoms. The van der Waals surface area contributed by atoms with Crippen molar-refractivity contribution < 1.29 is 19.1 Å². The lowest BCUT2D eigenvalue weighted by Gasteiger charge is -2.09. The number of esters is 1. The summed E-state index contributed by atoms with van der Waals surface area (Å²) in [4.78, 5) is 37.2. The Kier molecular flexibility index (Phi) is 7.52. The molecule has 28 heavy (non-hydrogen) atoms. The number of carbonyl (C=O) groups excluding carboxylic acids is 3. The van der Waals surface area contributed by atoms with E-state index in [1.54, 1.807) is 6.92 Å². The van der Waals surface area contributed by atoms with E-state index in [4.69, 9.17) is 4.74 Å². The molecular formula is C24H26O4. The lowest BCUT2D eigenvalue weighted by Crippen LogP contribution is -2.15. The Hall–Kier alpha value is -2.93. The molecule has 0 radical (unpaired) electrons. The highest BCUT2D eigenvalue weighted by molar-refractivity contribution is 6.08. The number of hydrogen-bond donors (Lipinski definition) is 0. The van der Waals surface area contributed by atoms with Gasteiger partial charge < -0.3 is 4.74 Å². The molecule has 0 amide bonds. The Morgan fingerprint density at radius 1 is 1.14 bits per heavy atom. The summed E-state index contributed by atoms with van der Waals surface area (Å²) in [6, 6.07) is 9.25. The van der Waals surface area contributed by atoms with Gasteiger partial charge in [-0.25, -0.2) is 0 Å². The van der Waals surface area contributed by atoms with Crippen molar-refractivity contribution >= 4 is 17.5 Å².